The number of amidine groups is 1. The zero-order valence-corrected chi connectivity index (χ0v) is 10.1. The van der Waals surface area contributed by atoms with Crippen LogP contribution in [-0.2, 0) is 0 Å². The predicted octanol–water partition coefficient (Wildman–Crippen LogP) is 3.16. The monoisotopic (exact) mass is 256 g/mol. The second-order valence-electron chi connectivity index (χ2n) is 4.57. The van der Waals surface area contributed by atoms with Crippen LogP contribution >= 0.6 is 11.8 Å². The lowest BCUT2D eigenvalue weighted by atomic mass is 10.1. The molecule has 1 aliphatic carbocycles. The molecular formula is C12H14F2N2S. The van der Waals surface area contributed by atoms with Crippen molar-refractivity contribution in [3.63, 3.8) is 0 Å². The van der Waals surface area contributed by atoms with E-state index in [1.165, 1.54) is 17.8 Å². The molecule has 2 nitrogen and oxygen atoms in total. The van der Waals surface area contributed by atoms with E-state index in [2.05, 4.69) is 0 Å². The summed E-state index contributed by atoms with van der Waals surface area (Å²) in [5.41, 5.74) is 5.42. The van der Waals surface area contributed by atoms with Gasteiger partial charge in [0.15, 0.2) is 0 Å². The van der Waals surface area contributed by atoms with Gasteiger partial charge in [0.25, 0.3) is 0 Å². The Morgan fingerprint density at radius 1 is 1.41 bits per heavy atom. The first-order valence-electron chi connectivity index (χ1n) is 5.42. The summed E-state index contributed by atoms with van der Waals surface area (Å²) >= 11 is 1.31. The molecule has 1 aromatic carbocycles. The molecule has 1 saturated carbocycles. The van der Waals surface area contributed by atoms with Gasteiger partial charge in [0, 0.05) is 17.1 Å². The van der Waals surface area contributed by atoms with Gasteiger partial charge in [0.05, 0.1) is 5.84 Å². The summed E-state index contributed by atoms with van der Waals surface area (Å²) < 4.78 is 26.3. The van der Waals surface area contributed by atoms with E-state index in [-0.39, 0.29) is 11.3 Å². The van der Waals surface area contributed by atoms with E-state index < -0.39 is 11.6 Å². The van der Waals surface area contributed by atoms with Gasteiger partial charge in [-0.1, -0.05) is 0 Å². The van der Waals surface area contributed by atoms with Crippen LogP contribution in [0.4, 0.5) is 8.78 Å². The number of hydrogen-bond donors (Lipinski definition) is 2. The Morgan fingerprint density at radius 2 is 2.12 bits per heavy atom. The first-order valence-corrected chi connectivity index (χ1v) is 6.40. The van der Waals surface area contributed by atoms with Crippen LogP contribution in [0.3, 0.4) is 0 Å². The standard InChI is InChI=1S/C12H14F2N2S/c13-8-1-2-9(14)10(5-8)17-7-12(3-4-12)6-11(15)16/h1-2,5H,3-4,6-7H2,(H3,15,16). The molecular weight excluding hydrogens is 242 g/mol. The summed E-state index contributed by atoms with van der Waals surface area (Å²) in [6, 6.07) is 3.47. The van der Waals surface area contributed by atoms with Crippen LogP contribution < -0.4 is 5.73 Å². The van der Waals surface area contributed by atoms with E-state index in [1.54, 1.807) is 0 Å². The minimum absolute atomic E-state index is 0.0370. The molecule has 0 spiro atoms. The van der Waals surface area contributed by atoms with Crippen molar-refractivity contribution in [2.45, 2.75) is 24.2 Å². The lowest BCUT2D eigenvalue weighted by molar-refractivity contribution is 0.574. The Labute approximate surface area is 103 Å². The van der Waals surface area contributed by atoms with Crippen LogP contribution in [0, 0.1) is 22.5 Å². The Kier molecular flexibility index (Phi) is 3.38. The summed E-state index contributed by atoms with van der Waals surface area (Å²) in [7, 11) is 0. The fraction of sp³-hybridized carbons (Fsp3) is 0.417. The molecule has 0 saturated heterocycles. The molecule has 1 fully saturated rings. The average Bonchev–Trinajstić information content (AvgIpc) is 2.99. The lowest BCUT2D eigenvalue weighted by Gasteiger charge is -2.13. The Bertz CT molecular complexity index is 444. The molecule has 0 bridgehead atoms. The number of nitrogens with one attached hydrogen (secondary N) is 1. The SMILES string of the molecule is N=C(N)CC1(CSc2cc(F)ccc2F)CC1. The summed E-state index contributed by atoms with van der Waals surface area (Å²) in [6.07, 6.45) is 2.57. The van der Waals surface area contributed by atoms with E-state index in [0.717, 1.165) is 25.0 Å². The summed E-state index contributed by atoms with van der Waals surface area (Å²) in [5, 5.41) is 7.28. The summed E-state index contributed by atoms with van der Waals surface area (Å²) in [5.74, 6) is 0.0376. The molecule has 1 aliphatic rings. The molecule has 0 unspecified atom stereocenters. The molecule has 0 heterocycles. The smallest absolute Gasteiger partial charge is 0.136 e. The van der Waals surface area contributed by atoms with Gasteiger partial charge < -0.3 is 5.73 Å². The van der Waals surface area contributed by atoms with Crippen molar-refractivity contribution in [3.05, 3.63) is 29.8 Å². The van der Waals surface area contributed by atoms with Crippen molar-refractivity contribution in [2.24, 2.45) is 11.1 Å². The molecule has 3 N–H and O–H groups in total. The highest BCUT2D eigenvalue weighted by Crippen LogP contribution is 2.52. The van der Waals surface area contributed by atoms with Gasteiger partial charge in [-0.2, -0.15) is 0 Å². The number of hydrogen-bond acceptors (Lipinski definition) is 2. The maximum atomic E-state index is 13.4. The number of thioether (sulfide) groups is 1. The van der Waals surface area contributed by atoms with Crippen LogP contribution in [0.1, 0.15) is 19.3 Å². The zero-order valence-electron chi connectivity index (χ0n) is 9.30. The van der Waals surface area contributed by atoms with Crippen LogP contribution in [-0.4, -0.2) is 11.6 Å². The normalized spacial score (nSPS) is 16.8. The fourth-order valence-electron chi connectivity index (χ4n) is 1.77. The van der Waals surface area contributed by atoms with Crippen LogP contribution in [0.5, 0.6) is 0 Å². The highest BCUT2D eigenvalue weighted by atomic mass is 32.2. The largest absolute Gasteiger partial charge is 0.388 e. The second kappa shape index (κ2) is 4.64. The highest BCUT2D eigenvalue weighted by molar-refractivity contribution is 7.99. The molecule has 0 aliphatic heterocycles. The molecule has 5 heteroatoms. The maximum Gasteiger partial charge on any atom is 0.136 e. The van der Waals surface area contributed by atoms with Crippen molar-refractivity contribution in [1.29, 1.82) is 5.41 Å². The first kappa shape index (κ1) is 12.4. The summed E-state index contributed by atoms with van der Waals surface area (Å²) in [6.45, 7) is 0. The van der Waals surface area contributed by atoms with Gasteiger partial charge in [0.1, 0.15) is 11.6 Å². The quantitative estimate of drug-likeness (QED) is 0.483. The molecule has 1 aromatic rings. The molecule has 0 atom stereocenters. The number of rotatable bonds is 5. The third-order valence-corrected chi connectivity index (χ3v) is 4.33. The molecule has 17 heavy (non-hydrogen) atoms. The Balaban J connectivity index is 1.98. The van der Waals surface area contributed by atoms with Gasteiger partial charge in [-0.15, -0.1) is 11.8 Å². The van der Waals surface area contributed by atoms with E-state index >= 15 is 0 Å². The second-order valence-corrected chi connectivity index (χ2v) is 5.58. The fourth-order valence-corrected chi connectivity index (χ4v) is 3.03. The Morgan fingerprint density at radius 3 is 2.71 bits per heavy atom. The van der Waals surface area contributed by atoms with Crippen molar-refractivity contribution in [3.8, 4) is 0 Å². The number of benzene rings is 1. The molecule has 92 valence electrons. The van der Waals surface area contributed by atoms with Gasteiger partial charge in [0.2, 0.25) is 0 Å². The van der Waals surface area contributed by atoms with E-state index in [4.69, 9.17) is 11.1 Å². The van der Waals surface area contributed by atoms with Crippen LogP contribution in [0.15, 0.2) is 23.1 Å². The number of halogens is 2. The average molecular weight is 256 g/mol. The van der Waals surface area contributed by atoms with E-state index in [0.29, 0.717) is 17.1 Å². The molecule has 0 aromatic heterocycles. The summed E-state index contributed by atoms with van der Waals surface area (Å²) in [4.78, 5) is 0.333. The van der Waals surface area contributed by atoms with Gasteiger partial charge in [-0.05, 0) is 36.5 Å². The van der Waals surface area contributed by atoms with Crippen molar-refractivity contribution in [1.82, 2.24) is 0 Å². The number of nitrogens with two attached hydrogens (primary N) is 1. The van der Waals surface area contributed by atoms with E-state index in [1.807, 2.05) is 0 Å². The minimum atomic E-state index is -0.426. The van der Waals surface area contributed by atoms with Crippen LogP contribution in [0.2, 0.25) is 0 Å². The van der Waals surface area contributed by atoms with Crippen molar-refractivity contribution in [2.75, 3.05) is 5.75 Å². The molecule has 2 rings (SSSR count). The predicted molar refractivity (Wildman–Crippen MR) is 65.3 cm³/mol. The third kappa shape index (κ3) is 3.19. The van der Waals surface area contributed by atoms with Crippen LogP contribution in [0.25, 0.3) is 0 Å². The maximum absolute atomic E-state index is 13.4. The third-order valence-electron chi connectivity index (χ3n) is 2.95. The molecule has 0 radical (unpaired) electrons. The highest BCUT2D eigenvalue weighted by Gasteiger charge is 2.42. The zero-order chi connectivity index (χ0) is 12.5. The van der Waals surface area contributed by atoms with Gasteiger partial charge in [-0.3, -0.25) is 5.41 Å². The topological polar surface area (TPSA) is 49.9 Å². The molecule has 0 amide bonds. The van der Waals surface area contributed by atoms with E-state index in [9.17, 15) is 8.78 Å². The minimum Gasteiger partial charge on any atom is -0.388 e. The van der Waals surface area contributed by atoms with Crippen molar-refractivity contribution >= 4 is 17.6 Å². The lowest BCUT2D eigenvalue weighted by Crippen LogP contribution is -2.18. The van der Waals surface area contributed by atoms with Gasteiger partial charge >= 0.3 is 0 Å². The van der Waals surface area contributed by atoms with Gasteiger partial charge in [-0.25, -0.2) is 8.78 Å². The first-order chi connectivity index (χ1) is 8.01. The van der Waals surface area contributed by atoms with Crippen molar-refractivity contribution < 1.29 is 8.78 Å². The Hall–Kier alpha value is -1.10.